The van der Waals surface area contributed by atoms with Crippen molar-refractivity contribution in [3.05, 3.63) is 35.4 Å². The summed E-state index contributed by atoms with van der Waals surface area (Å²) in [4.78, 5) is 0. The van der Waals surface area contributed by atoms with E-state index in [1.807, 2.05) is 0 Å². The lowest BCUT2D eigenvalue weighted by atomic mass is 10.0. The van der Waals surface area contributed by atoms with Gasteiger partial charge in [-0.05, 0) is 36.3 Å². The van der Waals surface area contributed by atoms with E-state index >= 15 is 0 Å². The molecule has 0 aliphatic heterocycles. The molecule has 0 aromatic heterocycles. The zero-order valence-corrected chi connectivity index (χ0v) is 10.7. The Morgan fingerprint density at radius 2 is 1.87 bits per heavy atom. The number of alkyl halides is 1. The highest BCUT2D eigenvalue weighted by molar-refractivity contribution is 6.20. The molecule has 1 aromatic carbocycles. The van der Waals surface area contributed by atoms with Gasteiger partial charge in [0.25, 0.3) is 0 Å². The molecule has 1 rings (SSSR count). The molecule has 1 unspecified atom stereocenters. The van der Waals surface area contributed by atoms with E-state index in [9.17, 15) is 0 Å². The Hall–Kier alpha value is -0.490. The molecule has 1 atom stereocenters. The second-order valence-corrected chi connectivity index (χ2v) is 5.03. The highest BCUT2D eigenvalue weighted by Gasteiger charge is 2.09. The van der Waals surface area contributed by atoms with E-state index in [0.717, 1.165) is 19.3 Å². The molecule has 0 N–H and O–H groups in total. The van der Waals surface area contributed by atoms with Crippen molar-refractivity contribution in [2.75, 3.05) is 0 Å². The predicted molar refractivity (Wildman–Crippen MR) is 68.6 cm³/mol. The van der Waals surface area contributed by atoms with Gasteiger partial charge in [-0.1, -0.05) is 45.0 Å². The summed E-state index contributed by atoms with van der Waals surface area (Å²) in [5, 5.41) is 0.301. The summed E-state index contributed by atoms with van der Waals surface area (Å²) < 4.78 is 0. The average molecular weight is 225 g/mol. The van der Waals surface area contributed by atoms with E-state index in [0.29, 0.717) is 11.3 Å². The fourth-order valence-electron chi connectivity index (χ4n) is 1.64. The van der Waals surface area contributed by atoms with Gasteiger partial charge in [-0.25, -0.2) is 0 Å². The molecule has 84 valence electrons. The molecule has 0 bridgehead atoms. The Kier molecular flexibility index (Phi) is 5.17. The summed E-state index contributed by atoms with van der Waals surface area (Å²) in [7, 11) is 0. The maximum atomic E-state index is 6.24. The summed E-state index contributed by atoms with van der Waals surface area (Å²) in [6.45, 7) is 6.55. The molecule has 0 spiro atoms. The third-order valence-corrected chi connectivity index (χ3v) is 3.55. The molecule has 1 heteroatoms. The first-order valence-electron chi connectivity index (χ1n) is 5.85. The van der Waals surface area contributed by atoms with Crippen molar-refractivity contribution in [1.82, 2.24) is 0 Å². The van der Waals surface area contributed by atoms with Crippen molar-refractivity contribution in [2.45, 2.75) is 45.4 Å². The molecule has 1 aromatic rings. The number of hydrogen-bond acceptors (Lipinski definition) is 0. The topological polar surface area (TPSA) is 0 Å². The van der Waals surface area contributed by atoms with E-state index < -0.39 is 0 Å². The van der Waals surface area contributed by atoms with Crippen LogP contribution in [0.3, 0.4) is 0 Å². The number of halogens is 1. The van der Waals surface area contributed by atoms with Crippen LogP contribution < -0.4 is 0 Å². The van der Waals surface area contributed by atoms with Gasteiger partial charge in [0.05, 0.1) is 0 Å². The van der Waals surface area contributed by atoms with Crippen molar-refractivity contribution in [3.8, 4) is 0 Å². The maximum Gasteiger partial charge on any atom is 0.0362 e. The quantitative estimate of drug-likeness (QED) is 0.649. The molecule has 0 aliphatic carbocycles. The van der Waals surface area contributed by atoms with Crippen LogP contribution in [0, 0.1) is 5.92 Å². The smallest absolute Gasteiger partial charge is 0.0362 e. The van der Waals surface area contributed by atoms with Crippen LogP contribution in [0.5, 0.6) is 0 Å². The van der Waals surface area contributed by atoms with Gasteiger partial charge in [-0.2, -0.15) is 0 Å². The number of benzene rings is 1. The van der Waals surface area contributed by atoms with Gasteiger partial charge < -0.3 is 0 Å². The minimum absolute atomic E-state index is 0.301. The Labute approximate surface area is 98.7 Å². The Bertz CT molecular complexity index is 291. The number of rotatable bonds is 5. The lowest BCUT2D eigenvalue weighted by Gasteiger charge is -2.13. The van der Waals surface area contributed by atoms with E-state index in [1.54, 1.807) is 0 Å². The highest BCUT2D eigenvalue weighted by atomic mass is 35.5. The van der Waals surface area contributed by atoms with Crippen LogP contribution in [0.25, 0.3) is 0 Å². The van der Waals surface area contributed by atoms with Crippen molar-refractivity contribution in [2.24, 2.45) is 5.92 Å². The maximum absolute atomic E-state index is 6.24. The highest BCUT2D eigenvalue weighted by Crippen LogP contribution is 2.17. The molecule has 0 radical (unpaired) electrons. The predicted octanol–water partition coefficient (Wildman–Crippen LogP) is 4.45. The van der Waals surface area contributed by atoms with Crippen molar-refractivity contribution < 1.29 is 0 Å². The van der Waals surface area contributed by atoms with E-state index in [2.05, 4.69) is 45.0 Å². The van der Waals surface area contributed by atoms with E-state index in [1.165, 1.54) is 11.1 Å². The third-order valence-electron chi connectivity index (χ3n) is 2.83. The molecule has 0 fully saturated rings. The molecular weight excluding hydrogens is 204 g/mol. The first-order chi connectivity index (χ1) is 7.13. The number of hydrogen-bond donors (Lipinski definition) is 0. The first kappa shape index (κ1) is 12.6. The molecule has 0 heterocycles. The zero-order chi connectivity index (χ0) is 11.3. The summed E-state index contributed by atoms with van der Waals surface area (Å²) in [5.74, 6) is 0.570. The summed E-state index contributed by atoms with van der Waals surface area (Å²) in [5.41, 5.74) is 2.84. The molecule has 15 heavy (non-hydrogen) atoms. The van der Waals surface area contributed by atoms with Gasteiger partial charge in [-0.15, -0.1) is 11.6 Å². The van der Waals surface area contributed by atoms with Crippen LogP contribution in [-0.2, 0) is 12.8 Å². The van der Waals surface area contributed by atoms with Gasteiger partial charge in [0, 0.05) is 5.38 Å². The van der Waals surface area contributed by atoms with Crippen LogP contribution in [0.15, 0.2) is 24.3 Å². The molecule has 0 saturated carbocycles. The van der Waals surface area contributed by atoms with Crippen LogP contribution in [-0.4, -0.2) is 5.38 Å². The second-order valence-electron chi connectivity index (χ2n) is 4.47. The standard InChI is InChI=1S/C14H21Cl/c1-4-12-6-5-7-13(10-12)8-9-14(15)11(2)3/h5-7,10-11,14H,4,8-9H2,1-3H3. The van der Waals surface area contributed by atoms with Gasteiger partial charge in [0.1, 0.15) is 0 Å². The van der Waals surface area contributed by atoms with Crippen molar-refractivity contribution >= 4 is 11.6 Å². The van der Waals surface area contributed by atoms with Crippen LogP contribution in [0.2, 0.25) is 0 Å². The van der Waals surface area contributed by atoms with Gasteiger partial charge in [0.15, 0.2) is 0 Å². The molecule has 0 nitrogen and oxygen atoms in total. The van der Waals surface area contributed by atoms with Gasteiger partial charge in [0.2, 0.25) is 0 Å². The van der Waals surface area contributed by atoms with Crippen LogP contribution in [0.4, 0.5) is 0 Å². The lowest BCUT2D eigenvalue weighted by molar-refractivity contribution is 0.565. The SMILES string of the molecule is CCc1cccc(CCC(Cl)C(C)C)c1. The summed E-state index contributed by atoms with van der Waals surface area (Å²) in [6, 6.07) is 8.82. The van der Waals surface area contributed by atoms with Crippen molar-refractivity contribution in [1.29, 1.82) is 0 Å². The summed E-state index contributed by atoms with van der Waals surface area (Å²) in [6.07, 6.45) is 3.29. The molecule has 0 amide bonds. The molecule has 0 aliphatic rings. The van der Waals surface area contributed by atoms with E-state index in [-0.39, 0.29) is 0 Å². The second kappa shape index (κ2) is 6.17. The van der Waals surface area contributed by atoms with Crippen molar-refractivity contribution in [3.63, 3.8) is 0 Å². The summed E-state index contributed by atoms with van der Waals surface area (Å²) >= 11 is 6.24. The van der Waals surface area contributed by atoms with Crippen LogP contribution in [0.1, 0.15) is 38.3 Å². The minimum Gasteiger partial charge on any atom is -0.123 e. The fourth-order valence-corrected chi connectivity index (χ4v) is 1.75. The van der Waals surface area contributed by atoms with Gasteiger partial charge in [-0.3, -0.25) is 0 Å². The lowest BCUT2D eigenvalue weighted by Crippen LogP contribution is -2.08. The Morgan fingerprint density at radius 3 is 2.47 bits per heavy atom. The van der Waals surface area contributed by atoms with Crippen LogP contribution >= 0.6 is 11.6 Å². The van der Waals surface area contributed by atoms with E-state index in [4.69, 9.17) is 11.6 Å². The monoisotopic (exact) mass is 224 g/mol. The minimum atomic E-state index is 0.301. The fraction of sp³-hybridized carbons (Fsp3) is 0.571. The molecular formula is C14H21Cl. The molecule has 0 saturated heterocycles. The normalized spacial score (nSPS) is 13.1. The number of aryl methyl sites for hydroxylation is 2. The Morgan fingerprint density at radius 1 is 1.20 bits per heavy atom. The first-order valence-corrected chi connectivity index (χ1v) is 6.29. The van der Waals surface area contributed by atoms with Gasteiger partial charge >= 0.3 is 0 Å². The third kappa shape index (κ3) is 4.25. The largest absolute Gasteiger partial charge is 0.123 e. The zero-order valence-electron chi connectivity index (χ0n) is 9.96. The average Bonchev–Trinajstić information content (AvgIpc) is 2.26. The Balaban J connectivity index is 2.50.